The Balaban J connectivity index is 1.97. The molecule has 1 aromatic heterocycles. The molecule has 0 fully saturated rings. The van der Waals surface area contributed by atoms with E-state index in [2.05, 4.69) is 10.3 Å². The zero-order valence-electron chi connectivity index (χ0n) is 13.0. The average Bonchev–Trinajstić information content (AvgIpc) is 2.56. The van der Waals surface area contributed by atoms with Crippen molar-refractivity contribution in [1.29, 1.82) is 0 Å². The molecule has 1 aromatic carbocycles. The third-order valence-corrected chi connectivity index (χ3v) is 3.72. The van der Waals surface area contributed by atoms with Crippen LogP contribution in [0.15, 0.2) is 36.5 Å². The van der Waals surface area contributed by atoms with Crippen molar-refractivity contribution < 1.29 is 14.3 Å². The van der Waals surface area contributed by atoms with Gasteiger partial charge in [-0.3, -0.25) is 9.59 Å². The number of likely N-dealkylation sites (N-methyl/N-ethyl adjacent to an activating group) is 1. The number of carbonyl (C=O) groups excluding carboxylic acids is 2. The average molecular weight is 368 g/mol. The zero-order valence-corrected chi connectivity index (χ0v) is 14.6. The SMILES string of the molecule is CN(C)C(=O)COc1ccc(NC(=O)c2cnc(Cl)c(Cl)c2)cc1. The van der Waals surface area contributed by atoms with Crippen LogP contribution in [0, 0.1) is 0 Å². The molecule has 1 heterocycles. The van der Waals surface area contributed by atoms with Crippen molar-refractivity contribution >= 4 is 40.7 Å². The maximum atomic E-state index is 12.1. The molecule has 126 valence electrons. The number of rotatable bonds is 5. The lowest BCUT2D eigenvalue weighted by atomic mass is 10.2. The number of benzene rings is 1. The molecule has 0 aliphatic carbocycles. The predicted molar refractivity (Wildman–Crippen MR) is 92.8 cm³/mol. The monoisotopic (exact) mass is 367 g/mol. The quantitative estimate of drug-likeness (QED) is 0.824. The van der Waals surface area contributed by atoms with Gasteiger partial charge < -0.3 is 15.0 Å². The second-order valence-electron chi connectivity index (χ2n) is 5.05. The highest BCUT2D eigenvalue weighted by Crippen LogP contribution is 2.21. The van der Waals surface area contributed by atoms with Gasteiger partial charge in [-0.15, -0.1) is 0 Å². The topological polar surface area (TPSA) is 71.5 Å². The highest BCUT2D eigenvalue weighted by Gasteiger charge is 2.10. The van der Waals surface area contributed by atoms with E-state index in [4.69, 9.17) is 27.9 Å². The molecule has 0 atom stereocenters. The fourth-order valence-corrected chi connectivity index (χ4v) is 1.93. The standard InChI is InChI=1S/C16H15Cl2N3O3/c1-21(2)14(22)9-24-12-5-3-11(4-6-12)20-16(23)10-7-13(17)15(18)19-8-10/h3-8H,9H2,1-2H3,(H,20,23). The summed E-state index contributed by atoms with van der Waals surface area (Å²) in [5.41, 5.74) is 0.860. The van der Waals surface area contributed by atoms with Gasteiger partial charge in [0.15, 0.2) is 6.61 Å². The number of amides is 2. The first-order valence-corrected chi connectivity index (χ1v) is 7.68. The minimum absolute atomic E-state index is 0.0480. The van der Waals surface area contributed by atoms with Gasteiger partial charge in [0.2, 0.25) is 0 Å². The number of carbonyl (C=O) groups is 2. The maximum absolute atomic E-state index is 12.1. The van der Waals surface area contributed by atoms with E-state index in [0.29, 0.717) is 17.0 Å². The van der Waals surface area contributed by atoms with Crippen LogP contribution in [0.25, 0.3) is 0 Å². The van der Waals surface area contributed by atoms with Crippen molar-refractivity contribution in [2.75, 3.05) is 26.0 Å². The Labute approximate surface area is 149 Å². The van der Waals surface area contributed by atoms with Crippen molar-refractivity contribution in [3.05, 3.63) is 52.3 Å². The Kier molecular flexibility index (Phi) is 6.00. The van der Waals surface area contributed by atoms with E-state index in [1.165, 1.54) is 17.2 Å². The van der Waals surface area contributed by atoms with Crippen LogP contribution in [-0.4, -0.2) is 42.4 Å². The molecule has 1 N–H and O–H groups in total. The molecule has 0 saturated carbocycles. The van der Waals surface area contributed by atoms with Gasteiger partial charge in [-0.25, -0.2) is 4.98 Å². The van der Waals surface area contributed by atoms with Crippen LogP contribution in [0.3, 0.4) is 0 Å². The minimum atomic E-state index is -0.363. The Morgan fingerprint density at radius 2 is 1.88 bits per heavy atom. The normalized spacial score (nSPS) is 10.2. The van der Waals surface area contributed by atoms with Crippen molar-refractivity contribution in [1.82, 2.24) is 9.88 Å². The van der Waals surface area contributed by atoms with Gasteiger partial charge in [0.1, 0.15) is 10.9 Å². The van der Waals surface area contributed by atoms with Gasteiger partial charge in [-0.05, 0) is 30.3 Å². The lowest BCUT2D eigenvalue weighted by Crippen LogP contribution is -2.27. The van der Waals surface area contributed by atoms with Crippen LogP contribution in [0.5, 0.6) is 5.75 Å². The highest BCUT2D eigenvalue weighted by atomic mass is 35.5. The van der Waals surface area contributed by atoms with Crippen molar-refractivity contribution in [3.8, 4) is 5.75 Å². The number of hydrogen-bond donors (Lipinski definition) is 1. The molecule has 0 unspecified atom stereocenters. The predicted octanol–water partition coefficient (Wildman–Crippen LogP) is 3.11. The summed E-state index contributed by atoms with van der Waals surface area (Å²) in [6, 6.07) is 8.09. The van der Waals surface area contributed by atoms with Crippen LogP contribution < -0.4 is 10.1 Å². The number of ether oxygens (including phenoxy) is 1. The molecule has 0 saturated heterocycles. The first-order chi connectivity index (χ1) is 11.4. The molecular weight excluding hydrogens is 353 g/mol. The van der Waals surface area contributed by atoms with Gasteiger partial charge in [0.25, 0.3) is 11.8 Å². The maximum Gasteiger partial charge on any atom is 0.259 e. The lowest BCUT2D eigenvalue weighted by molar-refractivity contribution is -0.130. The molecule has 0 bridgehead atoms. The fraction of sp³-hybridized carbons (Fsp3) is 0.188. The second kappa shape index (κ2) is 7.99. The van der Waals surface area contributed by atoms with Crippen LogP contribution in [0.1, 0.15) is 10.4 Å². The van der Waals surface area contributed by atoms with Crippen molar-refractivity contribution in [2.45, 2.75) is 0 Å². The Hall–Kier alpha value is -2.31. The zero-order chi connectivity index (χ0) is 17.7. The largest absolute Gasteiger partial charge is 0.484 e. The lowest BCUT2D eigenvalue weighted by Gasteiger charge is -2.11. The number of anilines is 1. The summed E-state index contributed by atoms with van der Waals surface area (Å²) in [5.74, 6) is 0.0245. The first-order valence-electron chi connectivity index (χ1n) is 6.92. The number of aromatic nitrogens is 1. The molecule has 2 rings (SSSR count). The van der Waals surface area contributed by atoms with Crippen LogP contribution >= 0.6 is 23.2 Å². The van der Waals surface area contributed by atoms with Crippen LogP contribution in [0.4, 0.5) is 5.69 Å². The second-order valence-corrected chi connectivity index (χ2v) is 5.82. The molecule has 0 aliphatic heterocycles. The summed E-state index contributed by atoms with van der Waals surface area (Å²) in [5, 5.41) is 3.05. The van der Waals surface area contributed by atoms with E-state index < -0.39 is 0 Å². The third kappa shape index (κ3) is 4.84. The Morgan fingerprint density at radius 1 is 1.21 bits per heavy atom. The van der Waals surface area contributed by atoms with Gasteiger partial charge in [-0.2, -0.15) is 0 Å². The summed E-state index contributed by atoms with van der Waals surface area (Å²) >= 11 is 11.6. The van der Waals surface area contributed by atoms with Gasteiger partial charge in [0.05, 0.1) is 10.6 Å². The van der Waals surface area contributed by atoms with Crippen LogP contribution in [0.2, 0.25) is 10.2 Å². The van der Waals surface area contributed by atoms with Crippen molar-refractivity contribution in [2.24, 2.45) is 0 Å². The van der Waals surface area contributed by atoms with Gasteiger partial charge in [0, 0.05) is 26.0 Å². The summed E-state index contributed by atoms with van der Waals surface area (Å²) in [7, 11) is 3.31. The summed E-state index contributed by atoms with van der Waals surface area (Å²) in [6.45, 7) is -0.0480. The number of halogens is 2. The number of nitrogens with zero attached hydrogens (tertiary/aromatic N) is 2. The number of hydrogen-bond acceptors (Lipinski definition) is 4. The van der Waals surface area contributed by atoms with Gasteiger partial charge in [-0.1, -0.05) is 23.2 Å². The summed E-state index contributed by atoms with van der Waals surface area (Å²) in [4.78, 5) is 28.8. The molecule has 8 heteroatoms. The van der Waals surface area contributed by atoms with Gasteiger partial charge >= 0.3 is 0 Å². The number of pyridine rings is 1. The summed E-state index contributed by atoms with van der Waals surface area (Å²) < 4.78 is 5.36. The molecule has 24 heavy (non-hydrogen) atoms. The fourth-order valence-electron chi connectivity index (χ4n) is 1.66. The highest BCUT2D eigenvalue weighted by molar-refractivity contribution is 6.41. The van der Waals surface area contributed by atoms with E-state index in [0.717, 1.165) is 0 Å². The molecule has 0 aliphatic rings. The molecule has 2 amide bonds. The molecule has 2 aromatic rings. The third-order valence-electron chi connectivity index (χ3n) is 3.03. The molecule has 0 radical (unpaired) electrons. The Bertz CT molecular complexity index is 749. The van der Waals surface area contributed by atoms with E-state index in [-0.39, 0.29) is 28.6 Å². The minimum Gasteiger partial charge on any atom is -0.484 e. The van der Waals surface area contributed by atoms with E-state index in [1.807, 2.05) is 0 Å². The Morgan fingerprint density at radius 3 is 2.46 bits per heavy atom. The van der Waals surface area contributed by atoms with Crippen LogP contribution in [-0.2, 0) is 4.79 Å². The van der Waals surface area contributed by atoms with E-state index >= 15 is 0 Å². The smallest absolute Gasteiger partial charge is 0.259 e. The van der Waals surface area contributed by atoms with E-state index in [1.54, 1.807) is 38.4 Å². The summed E-state index contributed by atoms with van der Waals surface area (Å²) in [6.07, 6.45) is 1.34. The first kappa shape index (κ1) is 18.0. The van der Waals surface area contributed by atoms with Crippen molar-refractivity contribution in [3.63, 3.8) is 0 Å². The molecular formula is C16H15Cl2N3O3. The van der Waals surface area contributed by atoms with E-state index in [9.17, 15) is 9.59 Å². The number of nitrogens with one attached hydrogen (secondary N) is 1. The molecule has 0 spiro atoms. The molecule has 6 nitrogen and oxygen atoms in total.